The van der Waals surface area contributed by atoms with Gasteiger partial charge in [0.1, 0.15) is 9.84 Å². The van der Waals surface area contributed by atoms with Gasteiger partial charge in [0.2, 0.25) is 0 Å². The lowest BCUT2D eigenvalue weighted by atomic mass is 9.78. The highest BCUT2D eigenvalue weighted by atomic mass is 32.2. The fourth-order valence-electron chi connectivity index (χ4n) is 1.61. The monoisotopic (exact) mass is 206 g/mol. The summed E-state index contributed by atoms with van der Waals surface area (Å²) in [6.45, 7) is 8.63. The topological polar surface area (TPSA) is 34.1 Å². The molecule has 0 aromatic heterocycles. The van der Waals surface area contributed by atoms with E-state index in [-0.39, 0.29) is 5.41 Å². The maximum atomic E-state index is 11.0. The number of sulfone groups is 1. The summed E-state index contributed by atoms with van der Waals surface area (Å²) < 4.78 is 22.0. The maximum absolute atomic E-state index is 11.0. The molecule has 0 bridgehead atoms. The third-order valence-electron chi connectivity index (χ3n) is 2.55. The molecule has 0 rings (SSSR count). The van der Waals surface area contributed by atoms with Crippen molar-refractivity contribution in [3.8, 4) is 0 Å². The van der Waals surface area contributed by atoms with E-state index in [2.05, 4.69) is 27.7 Å². The van der Waals surface area contributed by atoms with Gasteiger partial charge in [-0.15, -0.1) is 0 Å². The zero-order valence-corrected chi connectivity index (χ0v) is 10.2. The molecule has 0 fully saturated rings. The Morgan fingerprint density at radius 1 is 1.23 bits per heavy atom. The molecule has 0 aromatic rings. The zero-order chi connectivity index (χ0) is 10.7. The van der Waals surface area contributed by atoms with Gasteiger partial charge in [0.25, 0.3) is 0 Å². The Balaban J connectivity index is 4.17. The Kier molecular flexibility index (Phi) is 4.43. The minimum absolute atomic E-state index is 0.222. The van der Waals surface area contributed by atoms with Crippen LogP contribution < -0.4 is 0 Å². The normalized spacial score (nSPS) is 15.8. The minimum Gasteiger partial charge on any atom is -0.229 e. The molecule has 3 heteroatoms. The molecule has 0 radical (unpaired) electrons. The van der Waals surface area contributed by atoms with E-state index in [0.717, 1.165) is 12.8 Å². The van der Waals surface area contributed by atoms with Gasteiger partial charge in [-0.2, -0.15) is 0 Å². The van der Waals surface area contributed by atoms with Gasteiger partial charge < -0.3 is 0 Å². The van der Waals surface area contributed by atoms with E-state index in [1.165, 1.54) is 6.26 Å². The zero-order valence-electron chi connectivity index (χ0n) is 9.42. The molecule has 0 saturated carbocycles. The second-order valence-corrected chi connectivity index (χ2v) is 7.15. The number of rotatable bonds is 4. The summed E-state index contributed by atoms with van der Waals surface area (Å²) in [6.07, 6.45) is 3.15. The van der Waals surface area contributed by atoms with Crippen LogP contribution in [-0.4, -0.2) is 20.4 Å². The van der Waals surface area contributed by atoms with Gasteiger partial charge >= 0.3 is 0 Å². The molecule has 0 aliphatic carbocycles. The summed E-state index contributed by atoms with van der Waals surface area (Å²) in [5.74, 6) is 0.824. The fourth-order valence-corrected chi connectivity index (χ4v) is 2.32. The van der Waals surface area contributed by atoms with Gasteiger partial charge in [-0.05, 0) is 17.8 Å². The molecule has 0 aromatic carbocycles. The summed E-state index contributed by atoms with van der Waals surface area (Å²) in [7, 11) is -2.79. The van der Waals surface area contributed by atoms with Crippen LogP contribution in [0.15, 0.2) is 0 Å². The average molecular weight is 206 g/mol. The standard InChI is InChI=1S/C10H22O2S/c1-6-9(10(2,3)4)7-8-13(5,11)12/h9H,6-8H2,1-5H3. The van der Waals surface area contributed by atoms with Crippen LogP contribution in [0, 0.1) is 11.3 Å². The average Bonchev–Trinajstić information content (AvgIpc) is 1.82. The fraction of sp³-hybridized carbons (Fsp3) is 1.00. The van der Waals surface area contributed by atoms with Crippen molar-refractivity contribution in [2.45, 2.75) is 40.5 Å². The Bertz CT molecular complexity index is 234. The highest BCUT2D eigenvalue weighted by Gasteiger charge is 2.23. The lowest BCUT2D eigenvalue weighted by Gasteiger charge is -2.29. The molecule has 2 nitrogen and oxygen atoms in total. The van der Waals surface area contributed by atoms with Crippen molar-refractivity contribution in [3.05, 3.63) is 0 Å². The predicted molar refractivity (Wildman–Crippen MR) is 57.6 cm³/mol. The van der Waals surface area contributed by atoms with Crippen LogP contribution in [0.3, 0.4) is 0 Å². The Morgan fingerprint density at radius 2 is 1.69 bits per heavy atom. The first-order valence-corrected chi connectivity index (χ1v) is 6.90. The minimum atomic E-state index is -2.79. The Morgan fingerprint density at radius 3 is 1.92 bits per heavy atom. The molecule has 80 valence electrons. The summed E-state index contributed by atoms with van der Waals surface area (Å²) in [4.78, 5) is 0. The first-order chi connectivity index (χ1) is 5.67. The Labute approximate surface area is 82.6 Å². The van der Waals surface area contributed by atoms with Gasteiger partial charge in [0.15, 0.2) is 0 Å². The van der Waals surface area contributed by atoms with Crippen LogP contribution in [0.2, 0.25) is 0 Å². The van der Waals surface area contributed by atoms with E-state index in [0.29, 0.717) is 11.7 Å². The maximum Gasteiger partial charge on any atom is 0.147 e. The molecule has 0 heterocycles. The predicted octanol–water partition coefficient (Wildman–Crippen LogP) is 2.49. The number of hydrogen-bond acceptors (Lipinski definition) is 2. The molecule has 0 N–H and O–H groups in total. The molecule has 0 saturated heterocycles. The van der Waals surface area contributed by atoms with Crippen LogP contribution in [-0.2, 0) is 9.84 Å². The van der Waals surface area contributed by atoms with Crippen LogP contribution in [0.5, 0.6) is 0 Å². The second kappa shape index (κ2) is 4.45. The lowest BCUT2D eigenvalue weighted by molar-refractivity contribution is 0.227. The van der Waals surface area contributed by atoms with Gasteiger partial charge in [0, 0.05) is 6.26 Å². The van der Waals surface area contributed by atoms with E-state index in [1.54, 1.807) is 0 Å². The van der Waals surface area contributed by atoms with Crippen molar-refractivity contribution in [1.29, 1.82) is 0 Å². The quantitative estimate of drug-likeness (QED) is 0.708. The van der Waals surface area contributed by atoms with E-state index in [1.807, 2.05) is 0 Å². The summed E-state index contributed by atoms with van der Waals surface area (Å²) in [6, 6.07) is 0. The van der Waals surface area contributed by atoms with Crippen LogP contribution >= 0.6 is 0 Å². The SMILES string of the molecule is CCC(CCS(C)(=O)=O)C(C)(C)C. The van der Waals surface area contributed by atoms with Crippen molar-refractivity contribution in [2.24, 2.45) is 11.3 Å². The third-order valence-corrected chi connectivity index (χ3v) is 3.53. The second-order valence-electron chi connectivity index (χ2n) is 4.89. The van der Waals surface area contributed by atoms with Crippen LogP contribution in [0.1, 0.15) is 40.5 Å². The number of hydrogen-bond donors (Lipinski definition) is 0. The summed E-state index contributed by atoms with van der Waals surface area (Å²) >= 11 is 0. The highest BCUT2D eigenvalue weighted by molar-refractivity contribution is 7.90. The molecule has 1 unspecified atom stereocenters. The molecule has 1 atom stereocenters. The van der Waals surface area contributed by atoms with Gasteiger partial charge in [-0.1, -0.05) is 34.1 Å². The van der Waals surface area contributed by atoms with Crippen molar-refractivity contribution in [2.75, 3.05) is 12.0 Å². The van der Waals surface area contributed by atoms with E-state index < -0.39 is 9.84 Å². The van der Waals surface area contributed by atoms with Crippen molar-refractivity contribution < 1.29 is 8.42 Å². The van der Waals surface area contributed by atoms with Gasteiger partial charge in [0.05, 0.1) is 5.75 Å². The molecule has 13 heavy (non-hydrogen) atoms. The molecular weight excluding hydrogens is 184 g/mol. The third kappa shape index (κ3) is 6.08. The lowest BCUT2D eigenvalue weighted by Crippen LogP contribution is -2.22. The smallest absolute Gasteiger partial charge is 0.147 e. The van der Waals surface area contributed by atoms with E-state index in [4.69, 9.17) is 0 Å². The van der Waals surface area contributed by atoms with Gasteiger partial charge in [-0.3, -0.25) is 0 Å². The molecule has 0 amide bonds. The molecular formula is C10H22O2S. The molecule has 0 aliphatic rings. The molecule has 0 spiro atoms. The Hall–Kier alpha value is -0.0500. The van der Waals surface area contributed by atoms with Crippen molar-refractivity contribution >= 4 is 9.84 Å². The highest BCUT2D eigenvalue weighted by Crippen LogP contribution is 2.31. The first-order valence-electron chi connectivity index (χ1n) is 4.84. The largest absolute Gasteiger partial charge is 0.229 e. The summed E-state index contributed by atoms with van der Waals surface area (Å²) in [5.41, 5.74) is 0.222. The van der Waals surface area contributed by atoms with E-state index in [9.17, 15) is 8.42 Å². The van der Waals surface area contributed by atoms with E-state index >= 15 is 0 Å². The van der Waals surface area contributed by atoms with Crippen molar-refractivity contribution in [1.82, 2.24) is 0 Å². The van der Waals surface area contributed by atoms with Crippen molar-refractivity contribution in [3.63, 3.8) is 0 Å². The van der Waals surface area contributed by atoms with Crippen LogP contribution in [0.4, 0.5) is 0 Å². The first kappa shape index (κ1) is 12.9. The summed E-state index contributed by atoms with van der Waals surface area (Å²) in [5, 5.41) is 0. The van der Waals surface area contributed by atoms with Crippen LogP contribution in [0.25, 0.3) is 0 Å². The van der Waals surface area contributed by atoms with Gasteiger partial charge in [-0.25, -0.2) is 8.42 Å². The molecule has 0 aliphatic heterocycles.